The van der Waals surface area contributed by atoms with Crippen molar-refractivity contribution in [3.05, 3.63) is 47.1 Å². The van der Waals surface area contributed by atoms with Crippen LogP contribution in [0.3, 0.4) is 0 Å². The van der Waals surface area contributed by atoms with Gasteiger partial charge in [-0.2, -0.15) is 0 Å². The summed E-state index contributed by atoms with van der Waals surface area (Å²) < 4.78 is 7.54. The molecule has 26 heavy (non-hydrogen) atoms. The van der Waals surface area contributed by atoms with E-state index < -0.39 is 0 Å². The first kappa shape index (κ1) is 15.6. The molecule has 1 fully saturated rings. The van der Waals surface area contributed by atoms with Crippen molar-refractivity contribution >= 4 is 34.2 Å². The molecule has 0 saturated carbocycles. The number of nitrogens with zero attached hydrogens (tertiary/aromatic N) is 6. The molecule has 4 heterocycles. The van der Waals surface area contributed by atoms with Crippen LogP contribution < -0.4 is 4.90 Å². The van der Waals surface area contributed by atoms with Gasteiger partial charge in [0.15, 0.2) is 22.9 Å². The van der Waals surface area contributed by atoms with Gasteiger partial charge < -0.3 is 9.32 Å². The van der Waals surface area contributed by atoms with Gasteiger partial charge in [-0.15, -0.1) is 14.8 Å². The van der Waals surface area contributed by atoms with Gasteiger partial charge in [-0.3, -0.25) is 0 Å². The fourth-order valence-corrected chi connectivity index (χ4v) is 3.66. The van der Waals surface area contributed by atoms with Gasteiger partial charge in [0.2, 0.25) is 0 Å². The van der Waals surface area contributed by atoms with Crippen LogP contribution in [-0.4, -0.2) is 37.9 Å². The molecule has 0 bridgehead atoms. The van der Waals surface area contributed by atoms with Crippen LogP contribution in [0.5, 0.6) is 0 Å². The molecule has 1 saturated heterocycles. The topological polar surface area (TPSA) is 72.4 Å². The highest BCUT2D eigenvalue weighted by molar-refractivity contribution is 6.31. The smallest absolute Gasteiger partial charge is 0.198 e. The van der Waals surface area contributed by atoms with Crippen LogP contribution in [0.2, 0.25) is 5.02 Å². The predicted molar refractivity (Wildman–Crippen MR) is 98.7 cm³/mol. The molecule has 1 aliphatic heterocycles. The largest absolute Gasteiger partial charge is 0.440 e. The van der Waals surface area contributed by atoms with Crippen molar-refractivity contribution in [1.82, 2.24) is 24.8 Å². The van der Waals surface area contributed by atoms with Crippen LogP contribution in [0.1, 0.15) is 30.5 Å². The Morgan fingerprint density at radius 1 is 1.08 bits per heavy atom. The lowest BCUT2D eigenvalue weighted by atomic mass is 9.97. The average Bonchev–Trinajstić information content (AvgIpc) is 3.23. The van der Waals surface area contributed by atoms with Crippen LogP contribution in [0.4, 0.5) is 5.82 Å². The van der Waals surface area contributed by atoms with E-state index in [9.17, 15) is 0 Å². The van der Waals surface area contributed by atoms with Crippen molar-refractivity contribution in [3.8, 4) is 0 Å². The van der Waals surface area contributed by atoms with Gasteiger partial charge in [0, 0.05) is 24.0 Å². The first-order valence-corrected chi connectivity index (χ1v) is 9.05. The summed E-state index contributed by atoms with van der Waals surface area (Å²) in [4.78, 5) is 11.2. The Labute approximate surface area is 154 Å². The van der Waals surface area contributed by atoms with Crippen LogP contribution in [-0.2, 0) is 0 Å². The molecule has 0 radical (unpaired) electrons. The van der Waals surface area contributed by atoms with Crippen molar-refractivity contribution in [2.24, 2.45) is 0 Å². The predicted octanol–water partition coefficient (Wildman–Crippen LogP) is 3.61. The van der Waals surface area contributed by atoms with Crippen molar-refractivity contribution in [3.63, 3.8) is 0 Å². The number of hydrogen-bond donors (Lipinski definition) is 0. The summed E-state index contributed by atoms with van der Waals surface area (Å²) in [6.07, 6.45) is 1.94. The van der Waals surface area contributed by atoms with Gasteiger partial charge in [0.1, 0.15) is 11.3 Å². The molecule has 0 aliphatic carbocycles. The molecule has 7 nitrogen and oxygen atoms in total. The number of benzene rings is 1. The molecule has 132 valence electrons. The number of rotatable bonds is 2. The first-order chi connectivity index (χ1) is 12.7. The van der Waals surface area contributed by atoms with Gasteiger partial charge in [-0.25, -0.2) is 9.97 Å². The van der Waals surface area contributed by atoms with Gasteiger partial charge in [0.05, 0.1) is 0 Å². The van der Waals surface area contributed by atoms with E-state index in [1.807, 2.05) is 37.3 Å². The van der Waals surface area contributed by atoms with E-state index in [2.05, 4.69) is 25.1 Å². The summed E-state index contributed by atoms with van der Waals surface area (Å²) in [6.45, 7) is 3.67. The summed E-state index contributed by atoms with van der Waals surface area (Å²) in [5.74, 6) is 2.77. The third-order valence-corrected chi connectivity index (χ3v) is 5.07. The lowest BCUT2D eigenvalue weighted by Gasteiger charge is -2.31. The fourth-order valence-electron chi connectivity index (χ4n) is 3.50. The first-order valence-electron chi connectivity index (χ1n) is 8.67. The number of piperidine rings is 1. The summed E-state index contributed by atoms with van der Waals surface area (Å²) in [5, 5.41) is 9.55. The van der Waals surface area contributed by atoms with Crippen molar-refractivity contribution in [2.75, 3.05) is 18.0 Å². The highest BCUT2D eigenvalue weighted by Crippen LogP contribution is 2.32. The fraction of sp³-hybridized carbons (Fsp3) is 0.333. The van der Waals surface area contributed by atoms with Gasteiger partial charge in [-0.05, 0) is 50.1 Å². The Kier molecular flexibility index (Phi) is 3.56. The molecule has 5 rings (SSSR count). The Morgan fingerprint density at radius 2 is 1.92 bits per heavy atom. The minimum atomic E-state index is 0.315. The summed E-state index contributed by atoms with van der Waals surface area (Å²) >= 11 is 6.04. The van der Waals surface area contributed by atoms with Gasteiger partial charge in [-0.1, -0.05) is 11.6 Å². The maximum Gasteiger partial charge on any atom is 0.198 e. The van der Waals surface area contributed by atoms with E-state index >= 15 is 0 Å². The highest BCUT2D eigenvalue weighted by Gasteiger charge is 2.25. The highest BCUT2D eigenvalue weighted by atomic mass is 35.5. The van der Waals surface area contributed by atoms with Gasteiger partial charge >= 0.3 is 0 Å². The number of aromatic nitrogens is 5. The summed E-state index contributed by atoms with van der Waals surface area (Å²) in [5.41, 5.74) is 2.38. The normalized spacial score (nSPS) is 16.0. The Morgan fingerprint density at radius 3 is 2.77 bits per heavy atom. The summed E-state index contributed by atoms with van der Waals surface area (Å²) in [6, 6.07) is 9.51. The maximum absolute atomic E-state index is 6.04. The molecule has 8 heteroatoms. The molecule has 0 atom stereocenters. The van der Waals surface area contributed by atoms with Crippen molar-refractivity contribution in [2.45, 2.75) is 25.7 Å². The Bertz CT molecular complexity index is 1090. The number of halogens is 1. The SMILES string of the molecule is Cc1nc2ccc(N3CCC(c4nc5cc(Cl)ccc5o4)CC3)nn2n1. The van der Waals surface area contributed by atoms with Crippen LogP contribution in [0.15, 0.2) is 34.7 Å². The van der Waals surface area contributed by atoms with E-state index in [1.165, 1.54) is 0 Å². The van der Waals surface area contributed by atoms with E-state index in [0.717, 1.165) is 60.2 Å². The second-order valence-electron chi connectivity index (χ2n) is 6.62. The Balaban J connectivity index is 1.34. The second-order valence-corrected chi connectivity index (χ2v) is 7.06. The third kappa shape index (κ3) is 2.68. The zero-order valence-electron chi connectivity index (χ0n) is 14.3. The quantitative estimate of drug-likeness (QED) is 0.538. The van der Waals surface area contributed by atoms with Crippen molar-refractivity contribution in [1.29, 1.82) is 0 Å². The maximum atomic E-state index is 6.04. The van der Waals surface area contributed by atoms with Gasteiger partial charge in [0.25, 0.3) is 0 Å². The van der Waals surface area contributed by atoms with E-state index in [1.54, 1.807) is 4.63 Å². The molecule has 1 aliphatic rings. The minimum absolute atomic E-state index is 0.315. The zero-order valence-corrected chi connectivity index (χ0v) is 15.0. The molecule has 4 aromatic rings. The lowest BCUT2D eigenvalue weighted by molar-refractivity contribution is 0.406. The van der Waals surface area contributed by atoms with Crippen LogP contribution in [0.25, 0.3) is 16.7 Å². The number of fused-ring (bicyclic) bond motifs is 2. The lowest BCUT2D eigenvalue weighted by Crippen LogP contribution is -2.33. The molecule has 3 aromatic heterocycles. The second kappa shape index (κ2) is 5.95. The molecular formula is C18H17ClN6O. The molecule has 0 N–H and O–H groups in total. The number of hydrogen-bond acceptors (Lipinski definition) is 6. The molecule has 0 unspecified atom stereocenters. The Hall–Kier alpha value is -2.67. The standard InChI is InChI=1S/C18H17ClN6O/c1-11-20-16-4-5-17(23-25(16)22-11)24-8-6-12(7-9-24)18-21-14-10-13(19)2-3-15(14)26-18/h2-5,10,12H,6-9H2,1H3. The van der Waals surface area contributed by atoms with E-state index in [4.69, 9.17) is 16.0 Å². The molecule has 0 spiro atoms. The minimum Gasteiger partial charge on any atom is -0.440 e. The molecule has 1 aromatic carbocycles. The monoisotopic (exact) mass is 368 g/mol. The van der Waals surface area contributed by atoms with Crippen molar-refractivity contribution < 1.29 is 4.42 Å². The zero-order chi connectivity index (χ0) is 17.7. The average molecular weight is 369 g/mol. The van der Waals surface area contributed by atoms with E-state index in [0.29, 0.717) is 10.9 Å². The van der Waals surface area contributed by atoms with Crippen LogP contribution in [0, 0.1) is 6.92 Å². The number of anilines is 1. The number of oxazole rings is 1. The molecular weight excluding hydrogens is 352 g/mol. The molecule has 0 amide bonds. The van der Waals surface area contributed by atoms with Crippen LogP contribution >= 0.6 is 11.6 Å². The third-order valence-electron chi connectivity index (χ3n) is 4.83. The summed E-state index contributed by atoms with van der Waals surface area (Å²) in [7, 11) is 0. The number of aryl methyl sites for hydroxylation is 1. The van der Waals surface area contributed by atoms with E-state index in [-0.39, 0.29) is 0 Å².